The lowest BCUT2D eigenvalue weighted by molar-refractivity contribution is -0.134. The highest BCUT2D eigenvalue weighted by molar-refractivity contribution is 7.99. The quantitative estimate of drug-likeness (QED) is 0.545. The molecule has 0 N–H and O–H groups in total. The van der Waals surface area contributed by atoms with Crippen molar-refractivity contribution >= 4 is 28.7 Å². The molecule has 32 heavy (non-hydrogen) atoms. The highest BCUT2D eigenvalue weighted by atomic mass is 32.2. The van der Waals surface area contributed by atoms with E-state index in [4.69, 9.17) is 4.98 Å². The predicted octanol–water partition coefficient (Wildman–Crippen LogP) is 3.94. The van der Waals surface area contributed by atoms with Gasteiger partial charge in [-0.05, 0) is 44.0 Å². The van der Waals surface area contributed by atoms with Crippen LogP contribution in [0.1, 0.15) is 51.5 Å². The fraction of sp³-hybridized carbons (Fsp3) is 0.478. The number of fused-ring (bicyclic) bond motifs is 2. The molecule has 0 radical (unpaired) electrons. The van der Waals surface area contributed by atoms with Crippen molar-refractivity contribution in [2.45, 2.75) is 62.7 Å². The van der Waals surface area contributed by atoms with Gasteiger partial charge in [0.15, 0.2) is 10.8 Å². The maximum Gasteiger partial charge on any atom is 0.265 e. The SMILES string of the molecule is CCN(C(=O)CC1CSc2nc3c(cnn3-c3ccc(F)cc3)c(=O)n21)C1CCCCC1. The fourth-order valence-corrected chi connectivity index (χ4v) is 6.03. The van der Waals surface area contributed by atoms with Crippen molar-refractivity contribution in [3.8, 4) is 5.69 Å². The van der Waals surface area contributed by atoms with Crippen molar-refractivity contribution in [3.05, 3.63) is 46.6 Å². The van der Waals surface area contributed by atoms with Crippen molar-refractivity contribution in [2.24, 2.45) is 0 Å². The summed E-state index contributed by atoms with van der Waals surface area (Å²) in [6.45, 7) is 2.73. The number of hydrogen-bond donors (Lipinski definition) is 0. The predicted molar refractivity (Wildman–Crippen MR) is 122 cm³/mol. The summed E-state index contributed by atoms with van der Waals surface area (Å²) in [5.74, 6) is 0.427. The molecule has 1 aliphatic heterocycles. The molecule has 168 valence electrons. The normalized spacial score (nSPS) is 18.8. The third-order valence-electron chi connectivity index (χ3n) is 6.53. The highest BCUT2D eigenvalue weighted by Crippen LogP contribution is 2.34. The molecule has 1 fully saturated rings. The van der Waals surface area contributed by atoms with Crippen LogP contribution in [0.15, 0.2) is 40.4 Å². The zero-order valence-corrected chi connectivity index (χ0v) is 18.9. The van der Waals surface area contributed by atoms with Crippen molar-refractivity contribution < 1.29 is 9.18 Å². The minimum Gasteiger partial charge on any atom is -0.340 e. The Hall–Kier alpha value is -2.68. The smallest absolute Gasteiger partial charge is 0.265 e. The molecule has 0 bridgehead atoms. The number of rotatable bonds is 5. The molecule has 1 atom stereocenters. The minimum atomic E-state index is -0.337. The van der Waals surface area contributed by atoms with Crippen molar-refractivity contribution in [3.63, 3.8) is 0 Å². The third kappa shape index (κ3) is 3.72. The molecular formula is C23H26FN5O2S. The molecule has 9 heteroatoms. The first-order valence-electron chi connectivity index (χ1n) is 11.2. The molecule has 5 rings (SSSR count). The second-order valence-corrected chi connectivity index (χ2v) is 9.47. The van der Waals surface area contributed by atoms with Gasteiger partial charge in [0.25, 0.3) is 5.56 Å². The Morgan fingerprint density at radius 3 is 2.69 bits per heavy atom. The first-order valence-corrected chi connectivity index (χ1v) is 12.2. The summed E-state index contributed by atoms with van der Waals surface area (Å²) in [6.07, 6.45) is 7.55. The maximum atomic E-state index is 13.3. The van der Waals surface area contributed by atoms with E-state index in [0.717, 1.165) is 12.8 Å². The van der Waals surface area contributed by atoms with Crippen LogP contribution in [-0.4, -0.2) is 48.5 Å². The van der Waals surface area contributed by atoms with Crippen LogP contribution in [0.25, 0.3) is 16.7 Å². The van der Waals surface area contributed by atoms with Gasteiger partial charge in [0, 0.05) is 24.8 Å². The maximum absolute atomic E-state index is 13.3. The monoisotopic (exact) mass is 455 g/mol. The largest absolute Gasteiger partial charge is 0.340 e. The summed E-state index contributed by atoms with van der Waals surface area (Å²) in [5.41, 5.74) is 0.908. The molecule has 0 saturated heterocycles. The molecule has 3 aromatic rings. The van der Waals surface area contributed by atoms with Gasteiger partial charge in [-0.15, -0.1) is 0 Å². The molecule has 3 heterocycles. The van der Waals surface area contributed by atoms with Crippen LogP contribution >= 0.6 is 11.8 Å². The van der Waals surface area contributed by atoms with Crippen molar-refractivity contribution in [2.75, 3.05) is 12.3 Å². The Bertz CT molecular complexity index is 1200. The Kier molecular flexibility index (Phi) is 5.75. The number of halogens is 1. The standard InChI is InChI=1S/C23H26FN5O2S/c1-2-27(16-6-4-3-5-7-16)20(30)12-18-14-32-23-26-21-19(22(31)28(18)23)13-25-29(21)17-10-8-15(24)9-11-17/h8-11,13,16,18H,2-7,12,14H2,1H3. The van der Waals surface area contributed by atoms with Crippen LogP contribution in [0.3, 0.4) is 0 Å². The van der Waals surface area contributed by atoms with Gasteiger partial charge in [-0.3, -0.25) is 14.2 Å². The van der Waals surface area contributed by atoms with Gasteiger partial charge in [-0.1, -0.05) is 31.0 Å². The average molecular weight is 456 g/mol. The van der Waals surface area contributed by atoms with Gasteiger partial charge < -0.3 is 4.90 Å². The summed E-state index contributed by atoms with van der Waals surface area (Å²) in [5, 5.41) is 5.32. The van der Waals surface area contributed by atoms with Crippen LogP contribution in [0.2, 0.25) is 0 Å². The molecule has 7 nitrogen and oxygen atoms in total. The summed E-state index contributed by atoms with van der Waals surface area (Å²) in [7, 11) is 0. The Morgan fingerprint density at radius 2 is 1.97 bits per heavy atom. The zero-order chi connectivity index (χ0) is 22.2. The number of thioether (sulfide) groups is 1. The van der Waals surface area contributed by atoms with E-state index in [0.29, 0.717) is 46.6 Å². The summed E-state index contributed by atoms with van der Waals surface area (Å²) >= 11 is 1.49. The van der Waals surface area contributed by atoms with E-state index < -0.39 is 0 Å². The van der Waals surface area contributed by atoms with Crippen LogP contribution < -0.4 is 5.56 Å². The second kappa shape index (κ2) is 8.69. The molecule has 1 saturated carbocycles. The lowest BCUT2D eigenvalue weighted by Crippen LogP contribution is -2.42. The summed E-state index contributed by atoms with van der Waals surface area (Å²) < 4.78 is 16.5. The van der Waals surface area contributed by atoms with Gasteiger partial charge in [0.05, 0.1) is 17.9 Å². The van der Waals surface area contributed by atoms with Crippen LogP contribution in [-0.2, 0) is 4.79 Å². The second-order valence-electron chi connectivity index (χ2n) is 8.48. The first-order chi connectivity index (χ1) is 15.6. The number of hydrogen-bond acceptors (Lipinski definition) is 5. The number of carbonyl (C=O) groups is 1. The number of amides is 1. The number of carbonyl (C=O) groups excluding carboxylic acids is 1. The number of benzene rings is 1. The van der Waals surface area contributed by atoms with E-state index in [2.05, 4.69) is 5.10 Å². The molecule has 0 spiro atoms. The molecular weight excluding hydrogens is 429 g/mol. The van der Waals surface area contributed by atoms with Crippen LogP contribution in [0.4, 0.5) is 4.39 Å². The van der Waals surface area contributed by atoms with E-state index in [1.165, 1.54) is 49.4 Å². The molecule has 2 aliphatic rings. The van der Waals surface area contributed by atoms with Gasteiger partial charge in [-0.25, -0.2) is 14.1 Å². The molecule has 2 aromatic heterocycles. The Balaban J connectivity index is 1.44. The first kappa shape index (κ1) is 21.2. The van der Waals surface area contributed by atoms with Gasteiger partial charge in [-0.2, -0.15) is 5.10 Å². The van der Waals surface area contributed by atoms with E-state index in [9.17, 15) is 14.0 Å². The Morgan fingerprint density at radius 1 is 1.22 bits per heavy atom. The zero-order valence-electron chi connectivity index (χ0n) is 18.0. The average Bonchev–Trinajstić information content (AvgIpc) is 3.41. The summed E-state index contributed by atoms with van der Waals surface area (Å²) in [6, 6.07) is 6.03. The van der Waals surface area contributed by atoms with E-state index in [-0.39, 0.29) is 23.3 Å². The van der Waals surface area contributed by atoms with Crippen LogP contribution in [0.5, 0.6) is 0 Å². The van der Waals surface area contributed by atoms with Gasteiger partial charge in [0.2, 0.25) is 5.91 Å². The molecule has 1 aliphatic carbocycles. The van der Waals surface area contributed by atoms with Gasteiger partial charge >= 0.3 is 0 Å². The molecule has 1 amide bonds. The van der Waals surface area contributed by atoms with E-state index in [1.807, 2.05) is 11.8 Å². The lowest BCUT2D eigenvalue weighted by Gasteiger charge is -2.34. The Labute approximate surface area is 189 Å². The number of nitrogens with zero attached hydrogens (tertiary/aromatic N) is 5. The summed E-state index contributed by atoms with van der Waals surface area (Å²) in [4.78, 5) is 33.2. The van der Waals surface area contributed by atoms with Gasteiger partial charge in [0.1, 0.15) is 11.2 Å². The highest BCUT2D eigenvalue weighted by Gasteiger charge is 2.32. The van der Waals surface area contributed by atoms with E-state index in [1.54, 1.807) is 21.4 Å². The lowest BCUT2D eigenvalue weighted by atomic mass is 9.94. The van der Waals surface area contributed by atoms with Crippen molar-refractivity contribution in [1.82, 2.24) is 24.2 Å². The number of aromatic nitrogens is 4. The van der Waals surface area contributed by atoms with E-state index >= 15 is 0 Å². The molecule has 1 aromatic carbocycles. The van der Waals surface area contributed by atoms with Crippen molar-refractivity contribution in [1.29, 1.82) is 0 Å². The van der Waals surface area contributed by atoms with Crippen LogP contribution in [0, 0.1) is 5.82 Å². The minimum absolute atomic E-state index is 0.117. The third-order valence-corrected chi connectivity index (χ3v) is 7.63. The fourth-order valence-electron chi connectivity index (χ4n) is 4.90. The topological polar surface area (TPSA) is 73.0 Å². The molecule has 1 unspecified atom stereocenters.